The molecule has 0 heterocycles. The van der Waals surface area contributed by atoms with Gasteiger partial charge in [-0.2, -0.15) is 0 Å². The Kier molecular flexibility index (Phi) is 3.26. The van der Waals surface area contributed by atoms with Crippen LogP contribution in [0.15, 0.2) is 29.3 Å². The average Bonchev–Trinajstić information content (AvgIpc) is 2.57. The maximum atomic E-state index is 10.6. The molecule has 12 heavy (non-hydrogen) atoms. The van der Waals surface area contributed by atoms with Gasteiger partial charge < -0.3 is 4.74 Å². The summed E-state index contributed by atoms with van der Waals surface area (Å²) in [5.74, 6) is -0.0631. The summed E-state index contributed by atoms with van der Waals surface area (Å²) in [4.78, 5) is 14.5. The Bertz CT molecular complexity index is 229. The summed E-state index contributed by atoms with van der Waals surface area (Å²) < 4.78 is 4.43. The zero-order valence-corrected chi connectivity index (χ0v) is 6.93. The molecule has 0 aromatic rings. The van der Waals surface area contributed by atoms with Crippen LogP contribution in [-0.2, 0) is 9.53 Å². The molecule has 0 N–H and O–H groups in total. The second kappa shape index (κ2) is 4.49. The summed E-state index contributed by atoms with van der Waals surface area (Å²) >= 11 is 0. The van der Waals surface area contributed by atoms with E-state index in [9.17, 15) is 4.79 Å². The summed E-state index contributed by atoms with van der Waals surface area (Å²) in [5.41, 5.74) is 0. The largest absolute Gasteiger partial charge is 0.468 e. The van der Waals surface area contributed by atoms with Crippen molar-refractivity contribution in [2.45, 2.75) is 0 Å². The van der Waals surface area contributed by atoms with E-state index in [2.05, 4.69) is 9.73 Å². The SMILES string of the molecule is COC(=O)CN=CC1C=CC=C1. The van der Waals surface area contributed by atoms with Crippen molar-refractivity contribution < 1.29 is 9.53 Å². The van der Waals surface area contributed by atoms with Crippen molar-refractivity contribution in [1.82, 2.24) is 0 Å². The molecule has 1 rings (SSSR count). The van der Waals surface area contributed by atoms with E-state index in [1.54, 1.807) is 6.21 Å². The molecule has 0 saturated carbocycles. The van der Waals surface area contributed by atoms with Crippen molar-refractivity contribution in [3.63, 3.8) is 0 Å². The van der Waals surface area contributed by atoms with E-state index in [1.807, 2.05) is 24.3 Å². The van der Waals surface area contributed by atoms with Crippen molar-refractivity contribution in [3.8, 4) is 0 Å². The first-order valence-electron chi connectivity index (χ1n) is 3.74. The first kappa shape index (κ1) is 8.71. The van der Waals surface area contributed by atoms with E-state index < -0.39 is 0 Å². The minimum atomic E-state index is -0.308. The Morgan fingerprint density at radius 3 is 2.83 bits per heavy atom. The highest BCUT2D eigenvalue weighted by Gasteiger charge is 1.99. The third kappa shape index (κ3) is 2.70. The van der Waals surface area contributed by atoms with Gasteiger partial charge in [0, 0.05) is 12.1 Å². The minimum Gasteiger partial charge on any atom is -0.468 e. The number of hydrogen-bond donors (Lipinski definition) is 0. The van der Waals surface area contributed by atoms with Crippen LogP contribution in [0.25, 0.3) is 0 Å². The van der Waals surface area contributed by atoms with Gasteiger partial charge in [0.05, 0.1) is 7.11 Å². The van der Waals surface area contributed by atoms with Gasteiger partial charge in [0.15, 0.2) is 0 Å². The number of rotatable bonds is 3. The maximum Gasteiger partial charge on any atom is 0.327 e. The van der Waals surface area contributed by atoms with Gasteiger partial charge in [0.25, 0.3) is 0 Å². The first-order chi connectivity index (χ1) is 5.83. The molecule has 0 spiro atoms. The normalized spacial score (nSPS) is 16.1. The second-order valence-corrected chi connectivity index (χ2v) is 2.41. The lowest BCUT2D eigenvalue weighted by Crippen LogP contribution is -2.05. The average molecular weight is 165 g/mol. The van der Waals surface area contributed by atoms with E-state index in [0.29, 0.717) is 0 Å². The number of ether oxygens (including phenoxy) is 1. The quantitative estimate of drug-likeness (QED) is 0.461. The third-order valence-electron chi connectivity index (χ3n) is 1.50. The van der Waals surface area contributed by atoms with E-state index in [0.717, 1.165) is 0 Å². The number of carbonyl (C=O) groups excluding carboxylic acids is 1. The smallest absolute Gasteiger partial charge is 0.327 e. The summed E-state index contributed by atoms with van der Waals surface area (Å²) in [6.07, 6.45) is 9.64. The molecule has 0 aliphatic heterocycles. The first-order valence-corrected chi connectivity index (χ1v) is 3.74. The predicted molar refractivity (Wildman–Crippen MR) is 47.1 cm³/mol. The second-order valence-electron chi connectivity index (χ2n) is 2.41. The van der Waals surface area contributed by atoms with Crippen molar-refractivity contribution >= 4 is 12.2 Å². The molecule has 0 bridgehead atoms. The number of esters is 1. The van der Waals surface area contributed by atoms with E-state index in [1.165, 1.54) is 7.11 Å². The molecule has 3 nitrogen and oxygen atoms in total. The van der Waals surface area contributed by atoms with Gasteiger partial charge in [-0.1, -0.05) is 24.3 Å². The fourth-order valence-electron chi connectivity index (χ4n) is 0.862. The van der Waals surface area contributed by atoms with E-state index in [-0.39, 0.29) is 18.4 Å². The lowest BCUT2D eigenvalue weighted by Gasteiger charge is -1.95. The Morgan fingerprint density at radius 2 is 2.25 bits per heavy atom. The van der Waals surface area contributed by atoms with Crippen LogP contribution in [0.5, 0.6) is 0 Å². The van der Waals surface area contributed by atoms with Crippen LogP contribution in [0, 0.1) is 5.92 Å². The Balaban J connectivity index is 2.26. The fourth-order valence-corrected chi connectivity index (χ4v) is 0.862. The Morgan fingerprint density at radius 1 is 1.58 bits per heavy atom. The van der Waals surface area contributed by atoms with Crippen molar-refractivity contribution in [2.24, 2.45) is 10.9 Å². The topological polar surface area (TPSA) is 38.7 Å². The number of carbonyl (C=O) groups is 1. The molecule has 0 amide bonds. The zero-order valence-electron chi connectivity index (χ0n) is 6.93. The van der Waals surface area contributed by atoms with Gasteiger partial charge in [-0.3, -0.25) is 9.79 Å². The van der Waals surface area contributed by atoms with Crippen LogP contribution in [-0.4, -0.2) is 25.8 Å². The van der Waals surface area contributed by atoms with E-state index in [4.69, 9.17) is 0 Å². The van der Waals surface area contributed by atoms with Crippen molar-refractivity contribution in [2.75, 3.05) is 13.7 Å². The minimum absolute atomic E-state index is 0.106. The van der Waals surface area contributed by atoms with Gasteiger partial charge in [0.1, 0.15) is 6.54 Å². The van der Waals surface area contributed by atoms with Gasteiger partial charge in [-0.05, 0) is 0 Å². The summed E-state index contributed by atoms with van der Waals surface area (Å²) in [6.45, 7) is 0.106. The molecule has 0 aromatic carbocycles. The van der Waals surface area contributed by atoms with Crippen LogP contribution >= 0.6 is 0 Å². The molecule has 0 atom stereocenters. The number of aliphatic imine (C=N–C) groups is 1. The standard InChI is InChI=1S/C9H11NO2/c1-12-9(11)7-10-6-8-4-2-3-5-8/h2-6,8H,7H2,1H3. The number of nitrogens with zero attached hydrogens (tertiary/aromatic N) is 1. The number of allylic oxidation sites excluding steroid dienone is 4. The van der Waals surface area contributed by atoms with E-state index >= 15 is 0 Å². The van der Waals surface area contributed by atoms with Crippen LogP contribution < -0.4 is 0 Å². The van der Waals surface area contributed by atoms with Crippen LogP contribution in [0.3, 0.4) is 0 Å². The fraction of sp³-hybridized carbons (Fsp3) is 0.333. The lowest BCUT2D eigenvalue weighted by atomic mass is 10.2. The summed E-state index contributed by atoms with van der Waals surface area (Å²) in [5, 5.41) is 0. The molecule has 0 aromatic heterocycles. The maximum absolute atomic E-state index is 10.6. The molecule has 0 saturated heterocycles. The molecule has 0 unspecified atom stereocenters. The highest BCUT2D eigenvalue weighted by molar-refractivity contribution is 5.75. The van der Waals surface area contributed by atoms with Crippen LogP contribution in [0.4, 0.5) is 0 Å². The molecular weight excluding hydrogens is 154 g/mol. The molecule has 1 aliphatic carbocycles. The van der Waals surface area contributed by atoms with Gasteiger partial charge >= 0.3 is 5.97 Å². The van der Waals surface area contributed by atoms with Crippen LogP contribution in [0.2, 0.25) is 0 Å². The van der Waals surface area contributed by atoms with Gasteiger partial charge in [0.2, 0.25) is 0 Å². The Hall–Kier alpha value is -1.38. The molecule has 3 heteroatoms. The van der Waals surface area contributed by atoms with Crippen molar-refractivity contribution in [1.29, 1.82) is 0 Å². The molecule has 1 aliphatic rings. The lowest BCUT2D eigenvalue weighted by molar-refractivity contribution is -0.138. The summed E-state index contributed by atoms with van der Waals surface area (Å²) in [7, 11) is 1.35. The zero-order chi connectivity index (χ0) is 8.81. The van der Waals surface area contributed by atoms with Crippen LogP contribution in [0.1, 0.15) is 0 Å². The molecule has 0 fully saturated rings. The van der Waals surface area contributed by atoms with Gasteiger partial charge in [-0.15, -0.1) is 0 Å². The third-order valence-corrected chi connectivity index (χ3v) is 1.50. The highest BCUT2D eigenvalue weighted by Crippen LogP contribution is 2.04. The molecular formula is C9H11NO2. The highest BCUT2D eigenvalue weighted by atomic mass is 16.5. The summed E-state index contributed by atoms with van der Waals surface area (Å²) in [6, 6.07) is 0. The Labute approximate surface area is 71.4 Å². The molecule has 0 radical (unpaired) electrons. The van der Waals surface area contributed by atoms with Gasteiger partial charge in [-0.25, -0.2) is 0 Å². The predicted octanol–water partition coefficient (Wildman–Crippen LogP) is 0.972. The molecule has 64 valence electrons. The van der Waals surface area contributed by atoms with Crippen molar-refractivity contribution in [3.05, 3.63) is 24.3 Å². The number of hydrogen-bond acceptors (Lipinski definition) is 3. The number of methoxy groups -OCH3 is 1. The monoisotopic (exact) mass is 165 g/mol.